The van der Waals surface area contributed by atoms with Gasteiger partial charge < -0.3 is 10.2 Å². The minimum Gasteiger partial charge on any atom is -0.338 e. The first-order valence-corrected chi connectivity index (χ1v) is 9.43. The van der Waals surface area contributed by atoms with Gasteiger partial charge in [-0.1, -0.05) is 34.1 Å². The first-order valence-electron chi connectivity index (χ1n) is 8.64. The number of hydrogen-bond acceptors (Lipinski definition) is 2. The molecule has 0 aromatic heterocycles. The molecule has 0 saturated carbocycles. The minimum atomic E-state index is -4.44. The van der Waals surface area contributed by atoms with E-state index in [1.807, 2.05) is 19.1 Å². The Balaban J connectivity index is 1.66. The summed E-state index contributed by atoms with van der Waals surface area (Å²) in [4.78, 5) is 26.2. The van der Waals surface area contributed by atoms with Crippen molar-refractivity contribution in [2.45, 2.75) is 26.1 Å². The summed E-state index contributed by atoms with van der Waals surface area (Å²) in [5, 5.41) is 2.83. The number of hydrogen-bond donors (Lipinski definition) is 1. The van der Waals surface area contributed by atoms with Gasteiger partial charge in [0.25, 0.3) is 0 Å². The molecule has 1 heterocycles. The first kappa shape index (κ1) is 20.4. The minimum absolute atomic E-state index is 0.0395. The number of benzene rings is 2. The van der Waals surface area contributed by atoms with E-state index in [1.54, 1.807) is 12.1 Å². The molecule has 8 heteroatoms. The van der Waals surface area contributed by atoms with Crippen LogP contribution in [0.3, 0.4) is 0 Å². The van der Waals surface area contributed by atoms with Crippen LogP contribution < -0.4 is 5.32 Å². The lowest BCUT2D eigenvalue weighted by molar-refractivity contribution is -0.137. The van der Waals surface area contributed by atoms with E-state index in [2.05, 4.69) is 21.2 Å². The Kier molecular flexibility index (Phi) is 5.79. The van der Waals surface area contributed by atoms with Crippen molar-refractivity contribution in [3.63, 3.8) is 0 Å². The highest BCUT2D eigenvalue weighted by molar-refractivity contribution is 9.10. The van der Waals surface area contributed by atoms with Crippen LogP contribution >= 0.6 is 15.9 Å². The zero-order chi connectivity index (χ0) is 20.5. The van der Waals surface area contributed by atoms with Crippen molar-refractivity contribution in [2.75, 3.05) is 11.9 Å². The van der Waals surface area contributed by atoms with E-state index in [9.17, 15) is 22.8 Å². The number of nitrogens with zero attached hydrogens (tertiary/aromatic N) is 1. The van der Waals surface area contributed by atoms with Crippen LogP contribution in [0.1, 0.15) is 23.1 Å². The summed E-state index contributed by atoms with van der Waals surface area (Å²) in [7, 11) is 0. The number of aryl methyl sites for hydroxylation is 1. The molecule has 2 aromatic carbocycles. The Hall–Kier alpha value is -2.35. The summed E-state index contributed by atoms with van der Waals surface area (Å²) in [6.45, 7) is 2.08. The second-order valence-corrected chi connectivity index (χ2v) is 7.74. The van der Waals surface area contributed by atoms with Gasteiger partial charge in [0.1, 0.15) is 0 Å². The SMILES string of the molecule is Cc1ccc(Br)cc1NC(=O)C1CC(=O)N(Cc2cccc(C(F)(F)F)c2)C1. The van der Waals surface area contributed by atoms with E-state index in [0.717, 1.165) is 22.2 Å². The maximum absolute atomic E-state index is 12.9. The first-order chi connectivity index (χ1) is 13.1. The second-order valence-electron chi connectivity index (χ2n) is 6.82. The Morgan fingerprint density at radius 3 is 2.71 bits per heavy atom. The van der Waals surface area contributed by atoms with Crippen molar-refractivity contribution in [2.24, 2.45) is 5.92 Å². The molecule has 2 aromatic rings. The number of carbonyl (C=O) groups is 2. The Bertz CT molecular complexity index is 915. The van der Waals surface area contributed by atoms with Crippen molar-refractivity contribution in [1.29, 1.82) is 0 Å². The summed E-state index contributed by atoms with van der Waals surface area (Å²) >= 11 is 3.35. The topological polar surface area (TPSA) is 49.4 Å². The third-order valence-electron chi connectivity index (χ3n) is 4.67. The van der Waals surface area contributed by atoms with Crippen LogP contribution in [0.25, 0.3) is 0 Å². The summed E-state index contributed by atoms with van der Waals surface area (Å²) in [6, 6.07) is 10.4. The maximum atomic E-state index is 12.9. The van der Waals surface area contributed by atoms with E-state index in [-0.39, 0.29) is 31.3 Å². The van der Waals surface area contributed by atoms with Crippen molar-refractivity contribution >= 4 is 33.4 Å². The molecule has 1 fully saturated rings. The van der Waals surface area contributed by atoms with E-state index in [1.165, 1.54) is 11.0 Å². The summed E-state index contributed by atoms with van der Waals surface area (Å²) in [6.07, 6.45) is -4.40. The van der Waals surface area contributed by atoms with Crippen LogP contribution in [0.15, 0.2) is 46.9 Å². The summed E-state index contributed by atoms with van der Waals surface area (Å²) < 4.78 is 39.4. The molecule has 3 rings (SSSR count). The lowest BCUT2D eigenvalue weighted by Gasteiger charge is -2.18. The Morgan fingerprint density at radius 2 is 2.00 bits per heavy atom. The van der Waals surface area contributed by atoms with Crippen LogP contribution in [-0.4, -0.2) is 23.3 Å². The highest BCUT2D eigenvalue weighted by Gasteiger charge is 2.35. The van der Waals surface area contributed by atoms with Gasteiger partial charge in [0.15, 0.2) is 0 Å². The molecule has 1 atom stereocenters. The van der Waals surface area contributed by atoms with Crippen molar-refractivity contribution in [3.8, 4) is 0 Å². The monoisotopic (exact) mass is 454 g/mol. The van der Waals surface area contributed by atoms with Gasteiger partial charge in [-0.2, -0.15) is 13.2 Å². The number of anilines is 1. The van der Waals surface area contributed by atoms with E-state index in [4.69, 9.17) is 0 Å². The normalized spacial score (nSPS) is 17.1. The van der Waals surface area contributed by atoms with Gasteiger partial charge in [0.05, 0.1) is 11.5 Å². The molecular formula is C20H18BrF3N2O2. The van der Waals surface area contributed by atoms with Gasteiger partial charge in [-0.05, 0) is 42.3 Å². The van der Waals surface area contributed by atoms with Crippen LogP contribution in [0.2, 0.25) is 0 Å². The molecule has 28 heavy (non-hydrogen) atoms. The van der Waals surface area contributed by atoms with Gasteiger partial charge in [0, 0.05) is 29.7 Å². The lowest BCUT2D eigenvalue weighted by Crippen LogP contribution is -2.28. The molecule has 0 radical (unpaired) electrons. The average Bonchev–Trinajstić information content (AvgIpc) is 2.98. The third-order valence-corrected chi connectivity index (χ3v) is 5.16. The molecule has 1 unspecified atom stereocenters. The zero-order valence-corrected chi connectivity index (χ0v) is 16.6. The van der Waals surface area contributed by atoms with E-state index in [0.29, 0.717) is 11.3 Å². The Labute approximate surface area is 168 Å². The fourth-order valence-corrected chi connectivity index (χ4v) is 3.49. The molecule has 0 aliphatic carbocycles. The van der Waals surface area contributed by atoms with Crippen LogP contribution in [0.5, 0.6) is 0 Å². The molecule has 1 aliphatic heterocycles. The average molecular weight is 455 g/mol. The fraction of sp³-hybridized carbons (Fsp3) is 0.300. The summed E-state index contributed by atoms with van der Waals surface area (Å²) in [5.74, 6) is -1.07. The zero-order valence-electron chi connectivity index (χ0n) is 15.0. The summed E-state index contributed by atoms with van der Waals surface area (Å²) in [5.41, 5.74) is 1.17. The van der Waals surface area contributed by atoms with Gasteiger partial charge >= 0.3 is 6.18 Å². The third kappa shape index (κ3) is 4.73. The maximum Gasteiger partial charge on any atom is 0.416 e. The van der Waals surface area contributed by atoms with Crippen molar-refractivity contribution in [3.05, 3.63) is 63.6 Å². The van der Waals surface area contributed by atoms with Crippen LogP contribution in [0.4, 0.5) is 18.9 Å². The van der Waals surface area contributed by atoms with E-state index >= 15 is 0 Å². The smallest absolute Gasteiger partial charge is 0.338 e. The fourth-order valence-electron chi connectivity index (χ4n) is 3.13. The molecule has 1 saturated heterocycles. The molecule has 148 valence electrons. The van der Waals surface area contributed by atoms with Gasteiger partial charge in [0.2, 0.25) is 11.8 Å². The number of halogens is 4. The lowest BCUT2D eigenvalue weighted by atomic mass is 10.1. The molecule has 1 aliphatic rings. The number of rotatable bonds is 4. The second kappa shape index (κ2) is 7.95. The van der Waals surface area contributed by atoms with Gasteiger partial charge in [-0.15, -0.1) is 0 Å². The number of alkyl halides is 3. The van der Waals surface area contributed by atoms with Crippen molar-refractivity contribution in [1.82, 2.24) is 4.90 Å². The Morgan fingerprint density at radius 1 is 1.25 bits per heavy atom. The molecule has 1 N–H and O–H groups in total. The van der Waals surface area contributed by atoms with Gasteiger partial charge in [-0.3, -0.25) is 9.59 Å². The number of likely N-dealkylation sites (tertiary alicyclic amines) is 1. The molecule has 0 bridgehead atoms. The van der Waals surface area contributed by atoms with Crippen LogP contribution in [0, 0.1) is 12.8 Å². The standard InChI is InChI=1S/C20H18BrF3N2O2/c1-12-5-6-16(21)9-17(12)25-19(28)14-8-18(27)26(11-14)10-13-3-2-4-15(7-13)20(22,23)24/h2-7,9,14H,8,10-11H2,1H3,(H,25,28). The predicted molar refractivity (Wildman–Crippen MR) is 102 cm³/mol. The molecular weight excluding hydrogens is 437 g/mol. The predicted octanol–water partition coefficient (Wildman–Crippen LogP) is 4.76. The quantitative estimate of drug-likeness (QED) is 0.723. The van der Waals surface area contributed by atoms with Gasteiger partial charge in [-0.25, -0.2) is 0 Å². The van der Waals surface area contributed by atoms with E-state index < -0.39 is 17.7 Å². The molecule has 4 nitrogen and oxygen atoms in total. The highest BCUT2D eigenvalue weighted by Crippen LogP contribution is 2.30. The van der Waals surface area contributed by atoms with Crippen molar-refractivity contribution < 1.29 is 22.8 Å². The molecule has 0 spiro atoms. The van der Waals surface area contributed by atoms with Crippen LogP contribution in [-0.2, 0) is 22.3 Å². The number of nitrogens with one attached hydrogen (secondary N) is 1. The number of amides is 2. The number of carbonyl (C=O) groups excluding carboxylic acids is 2. The largest absolute Gasteiger partial charge is 0.416 e. The highest BCUT2D eigenvalue weighted by atomic mass is 79.9. The molecule has 2 amide bonds.